The van der Waals surface area contributed by atoms with E-state index in [2.05, 4.69) is 0 Å². The standard InChI is InChI=1S/C14H19ClFN/c15-13-9-11(16)6-7-12(13)14(17)8-10-4-2-1-3-5-10/h6-7,9-10,14H,1-5,8,17H2. The minimum atomic E-state index is -0.302. The molecule has 1 nitrogen and oxygen atoms in total. The molecule has 1 aliphatic carbocycles. The number of rotatable bonds is 3. The summed E-state index contributed by atoms with van der Waals surface area (Å²) in [6.07, 6.45) is 7.48. The van der Waals surface area contributed by atoms with Gasteiger partial charge in [-0.15, -0.1) is 0 Å². The van der Waals surface area contributed by atoms with E-state index >= 15 is 0 Å². The molecule has 1 aromatic carbocycles. The molecule has 17 heavy (non-hydrogen) atoms. The van der Waals surface area contributed by atoms with Crippen LogP contribution in [0, 0.1) is 11.7 Å². The molecule has 0 spiro atoms. The van der Waals surface area contributed by atoms with Crippen molar-refractivity contribution >= 4 is 11.6 Å². The van der Waals surface area contributed by atoms with Crippen molar-refractivity contribution in [3.8, 4) is 0 Å². The van der Waals surface area contributed by atoms with Crippen LogP contribution in [0.25, 0.3) is 0 Å². The third kappa shape index (κ3) is 3.43. The van der Waals surface area contributed by atoms with Crippen molar-refractivity contribution in [1.82, 2.24) is 0 Å². The molecule has 1 atom stereocenters. The van der Waals surface area contributed by atoms with Gasteiger partial charge in [-0.25, -0.2) is 4.39 Å². The van der Waals surface area contributed by atoms with E-state index in [1.54, 1.807) is 6.07 Å². The van der Waals surface area contributed by atoms with Gasteiger partial charge in [0.05, 0.1) is 0 Å². The fourth-order valence-corrected chi connectivity index (χ4v) is 3.02. The van der Waals surface area contributed by atoms with E-state index in [1.165, 1.54) is 44.2 Å². The Hall–Kier alpha value is -0.600. The van der Waals surface area contributed by atoms with Crippen molar-refractivity contribution in [3.63, 3.8) is 0 Å². The van der Waals surface area contributed by atoms with Gasteiger partial charge in [0.1, 0.15) is 5.82 Å². The predicted octanol–water partition coefficient (Wildman–Crippen LogP) is 4.45. The lowest BCUT2D eigenvalue weighted by atomic mass is 9.83. The van der Waals surface area contributed by atoms with E-state index in [9.17, 15) is 4.39 Å². The Bertz CT molecular complexity index is 374. The molecular formula is C14H19ClFN. The minimum Gasteiger partial charge on any atom is -0.324 e. The van der Waals surface area contributed by atoms with Crippen LogP contribution in [-0.4, -0.2) is 0 Å². The Morgan fingerprint density at radius 3 is 2.65 bits per heavy atom. The molecule has 1 aromatic rings. The molecule has 0 heterocycles. The van der Waals surface area contributed by atoms with Gasteiger partial charge in [0.2, 0.25) is 0 Å². The van der Waals surface area contributed by atoms with E-state index in [0.717, 1.165) is 12.0 Å². The highest BCUT2D eigenvalue weighted by atomic mass is 35.5. The van der Waals surface area contributed by atoms with Crippen LogP contribution in [0.15, 0.2) is 18.2 Å². The van der Waals surface area contributed by atoms with Gasteiger partial charge >= 0.3 is 0 Å². The van der Waals surface area contributed by atoms with E-state index in [-0.39, 0.29) is 11.9 Å². The summed E-state index contributed by atoms with van der Waals surface area (Å²) in [5.41, 5.74) is 7.04. The fraction of sp³-hybridized carbons (Fsp3) is 0.571. The van der Waals surface area contributed by atoms with Gasteiger partial charge in [0.25, 0.3) is 0 Å². The van der Waals surface area contributed by atoms with Crippen molar-refractivity contribution in [2.75, 3.05) is 0 Å². The fourth-order valence-electron chi connectivity index (χ4n) is 2.71. The Kier molecular flexibility index (Phi) is 4.41. The summed E-state index contributed by atoms with van der Waals surface area (Å²) in [7, 11) is 0. The second-order valence-corrected chi connectivity index (χ2v) is 5.42. The quantitative estimate of drug-likeness (QED) is 0.849. The van der Waals surface area contributed by atoms with Crippen LogP contribution in [0.3, 0.4) is 0 Å². The smallest absolute Gasteiger partial charge is 0.124 e. The number of hydrogen-bond acceptors (Lipinski definition) is 1. The molecular weight excluding hydrogens is 237 g/mol. The molecule has 3 heteroatoms. The Balaban J connectivity index is 2.00. The van der Waals surface area contributed by atoms with Crippen LogP contribution in [-0.2, 0) is 0 Å². The Morgan fingerprint density at radius 2 is 2.00 bits per heavy atom. The maximum Gasteiger partial charge on any atom is 0.124 e. The predicted molar refractivity (Wildman–Crippen MR) is 69.5 cm³/mol. The lowest BCUT2D eigenvalue weighted by molar-refractivity contribution is 0.319. The summed E-state index contributed by atoms with van der Waals surface area (Å²) in [4.78, 5) is 0. The summed E-state index contributed by atoms with van der Waals surface area (Å²) < 4.78 is 12.9. The van der Waals surface area contributed by atoms with Crippen molar-refractivity contribution in [3.05, 3.63) is 34.6 Å². The van der Waals surface area contributed by atoms with Crippen molar-refractivity contribution in [2.45, 2.75) is 44.6 Å². The Labute approximate surface area is 107 Å². The van der Waals surface area contributed by atoms with Gasteiger partial charge < -0.3 is 5.73 Å². The Morgan fingerprint density at radius 1 is 1.29 bits per heavy atom. The van der Waals surface area contributed by atoms with Crippen LogP contribution in [0.1, 0.15) is 50.1 Å². The molecule has 1 saturated carbocycles. The first-order valence-electron chi connectivity index (χ1n) is 6.37. The zero-order valence-corrected chi connectivity index (χ0v) is 10.7. The minimum absolute atomic E-state index is 0.0637. The SMILES string of the molecule is NC(CC1CCCCC1)c1ccc(F)cc1Cl. The number of benzene rings is 1. The lowest BCUT2D eigenvalue weighted by Crippen LogP contribution is -2.17. The first kappa shape index (κ1) is 12.8. The van der Waals surface area contributed by atoms with Crippen molar-refractivity contribution in [1.29, 1.82) is 0 Å². The summed E-state index contributed by atoms with van der Waals surface area (Å²) in [6, 6.07) is 4.43. The van der Waals surface area contributed by atoms with Gasteiger partial charge in [-0.2, -0.15) is 0 Å². The van der Waals surface area contributed by atoms with Crippen LogP contribution in [0.5, 0.6) is 0 Å². The normalized spacial score (nSPS) is 19.2. The molecule has 0 radical (unpaired) electrons. The summed E-state index contributed by atoms with van der Waals surface area (Å²) in [5.74, 6) is 0.406. The molecule has 2 N–H and O–H groups in total. The van der Waals surface area contributed by atoms with Gasteiger partial charge in [0, 0.05) is 11.1 Å². The first-order valence-corrected chi connectivity index (χ1v) is 6.75. The molecule has 1 fully saturated rings. The third-order valence-electron chi connectivity index (χ3n) is 3.67. The molecule has 94 valence electrons. The topological polar surface area (TPSA) is 26.0 Å². The molecule has 0 aliphatic heterocycles. The second kappa shape index (κ2) is 5.83. The van der Waals surface area contributed by atoms with Crippen molar-refractivity contribution in [2.24, 2.45) is 11.7 Å². The van der Waals surface area contributed by atoms with E-state index in [1.807, 2.05) is 0 Å². The summed E-state index contributed by atoms with van der Waals surface area (Å²) in [6.45, 7) is 0. The van der Waals surface area contributed by atoms with Gasteiger partial charge in [-0.3, -0.25) is 0 Å². The maximum absolute atomic E-state index is 12.9. The van der Waals surface area contributed by atoms with Crippen LogP contribution in [0.2, 0.25) is 5.02 Å². The first-order chi connectivity index (χ1) is 8.16. The highest BCUT2D eigenvalue weighted by Gasteiger charge is 2.19. The highest BCUT2D eigenvalue weighted by molar-refractivity contribution is 6.31. The molecule has 0 aromatic heterocycles. The molecule has 1 unspecified atom stereocenters. The van der Waals surface area contributed by atoms with Gasteiger partial charge in [-0.1, -0.05) is 49.8 Å². The average molecular weight is 256 g/mol. The molecule has 1 aliphatic rings. The van der Waals surface area contributed by atoms with E-state index in [4.69, 9.17) is 17.3 Å². The lowest BCUT2D eigenvalue weighted by Gasteiger charge is -2.25. The molecule has 0 amide bonds. The summed E-state index contributed by atoms with van der Waals surface area (Å²) in [5, 5.41) is 0.452. The van der Waals surface area contributed by atoms with Crippen LogP contribution in [0.4, 0.5) is 4.39 Å². The molecule has 0 saturated heterocycles. The zero-order chi connectivity index (χ0) is 12.3. The maximum atomic E-state index is 12.9. The number of hydrogen-bond donors (Lipinski definition) is 1. The molecule has 0 bridgehead atoms. The van der Waals surface area contributed by atoms with Crippen LogP contribution >= 0.6 is 11.6 Å². The largest absolute Gasteiger partial charge is 0.324 e. The monoisotopic (exact) mass is 255 g/mol. The van der Waals surface area contributed by atoms with E-state index < -0.39 is 0 Å². The van der Waals surface area contributed by atoms with E-state index in [0.29, 0.717) is 10.9 Å². The van der Waals surface area contributed by atoms with Crippen molar-refractivity contribution < 1.29 is 4.39 Å². The second-order valence-electron chi connectivity index (χ2n) is 5.01. The number of halogens is 2. The summed E-state index contributed by atoms with van der Waals surface area (Å²) >= 11 is 6.02. The molecule has 2 rings (SSSR count). The highest BCUT2D eigenvalue weighted by Crippen LogP contribution is 2.33. The van der Waals surface area contributed by atoms with Gasteiger partial charge in [-0.05, 0) is 30.0 Å². The average Bonchev–Trinajstić information content (AvgIpc) is 2.30. The third-order valence-corrected chi connectivity index (χ3v) is 4.00. The van der Waals surface area contributed by atoms with Crippen LogP contribution < -0.4 is 5.73 Å². The number of nitrogens with two attached hydrogens (primary N) is 1. The van der Waals surface area contributed by atoms with Gasteiger partial charge in [0.15, 0.2) is 0 Å². The zero-order valence-electron chi connectivity index (χ0n) is 9.96.